The molecule has 0 rings (SSSR count). The van der Waals surface area contributed by atoms with Gasteiger partial charge in [0, 0.05) is 6.42 Å². The van der Waals surface area contributed by atoms with Gasteiger partial charge in [-0.25, -0.2) is 4.57 Å². The van der Waals surface area contributed by atoms with Crippen molar-refractivity contribution in [2.75, 3.05) is 40.9 Å². The highest BCUT2D eigenvalue weighted by atomic mass is 31.2. The SMILES string of the molecule is CCCCCCC/C=C\C/C=C\CCCCCCCCCCCCCCCCCCCCCCCCCC(=O)NC(COP(=O)(O)OCC[N+](C)(C)C)C(O)/C=C/CC/C=C/CCCCCCCCCCCCCCCCCCCCCCCC. The Balaban J connectivity index is 4.01. The second-order valence-corrected chi connectivity index (χ2v) is 28.5. The number of aliphatic hydroxyl groups excluding tert-OH is 1. The maximum Gasteiger partial charge on any atom is 0.472 e. The number of aliphatic hydroxyl groups is 1. The number of rotatable bonds is 70. The van der Waals surface area contributed by atoms with Crippen LogP contribution in [0, 0.1) is 0 Å². The van der Waals surface area contributed by atoms with Gasteiger partial charge in [-0.15, -0.1) is 0 Å². The molecular formula is C76H148N2O6P+. The van der Waals surface area contributed by atoms with Crippen LogP contribution in [0.25, 0.3) is 0 Å². The number of carbonyl (C=O) groups excluding carboxylic acids is 1. The van der Waals surface area contributed by atoms with E-state index in [2.05, 4.69) is 55.6 Å². The molecule has 0 aromatic heterocycles. The Morgan fingerprint density at radius 3 is 1.01 bits per heavy atom. The number of likely N-dealkylation sites (N-methyl/N-ethyl adjacent to an activating group) is 1. The fourth-order valence-electron chi connectivity index (χ4n) is 11.4. The predicted octanol–water partition coefficient (Wildman–Crippen LogP) is 24.2. The number of nitrogens with zero attached hydrogens (tertiary/aromatic N) is 1. The average molecular weight is 1220 g/mol. The van der Waals surface area contributed by atoms with Crippen molar-refractivity contribution in [3.63, 3.8) is 0 Å². The van der Waals surface area contributed by atoms with E-state index in [4.69, 9.17) is 9.05 Å². The summed E-state index contributed by atoms with van der Waals surface area (Å²) in [5.41, 5.74) is 0. The third kappa shape index (κ3) is 69.8. The highest BCUT2D eigenvalue weighted by Gasteiger charge is 2.28. The van der Waals surface area contributed by atoms with Gasteiger partial charge in [-0.2, -0.15) is 0 Å². The van der Waals surface area contributed by atoms with Gasteiger partial charge < -0.3 is 19.8 Å². The molecule has 0 fully saturated rings. The number of quaternary nitrogens is 1. The lowest BCUT2D eigenvalue weighted by Crippen LogP contribution is -2.45. The molecule has 0 spiro atoms. The molecule has 0 aromatic rings. The number of phosphoric acid groups is 1. The van der Waals surface area contributed by atoms with Gasteiger partial charge in [0.15, 0.2) is 0 Å². The van der Waals surface area contributed by atoms with Crippen LogP contribution < -0.4 is 5.32 Å². The third-order valence-corrected chi connectivity index (χ3v) is 18.3. The highest BCUT2D eigenvalue weighted by Crippen LogP contribution is 2.43. The summed E-state index contributed by atoms with van der Waals surface area (Å²) in [6.07, 6.45) is 91.5. The predicted molar refractivity (Wildman–Crippen MR) is 374 cm³/mol. The summed E-state index contributed by atoms with van der Waals surface area (Å²) in [5, 5.41) is 14.0. The fourth-order valence-corrected chi connectivity index (χ4v) is 12.2. The summed E-state index contributed by atoms with van der Waals surface area (Å²) >= 11 is 0. The zero-order valence-electron chi connectivity index (χ0n) is 57.6. The summed E-state index contributed by atoms with van der Waals surface area (Å²) in [4.78, 5) is 23.4. The topological polar surface area (TPSA) is 105 Å². The summed E-state index contributed by atoms with van der Waals surface area (Å²) < 4.78 is 23.8. The molecule has 502 valence electrons. The monoisotopic (exact) mass is 1220 g/mol. The molecule has 0 bridgehead atoms. The smallest absolute Gasteiger partial charge is 0.387 e. The summed E-state index contributed by atoms with van der Waals surface area (Å²) in [6, 6.07) is -0.864. The molecule has 3 unspecified atom stereocenters. The van der Waals surface area contributed by atoms with Crippen molar-refractivity contribution in [2.24, 2.45) is 0 Å². The highest BCUT2D eigenvalue weighted by molar-refractivity contribution is 7.47. The van der Waals surface area contributed by atoms with Gasteiger partial charge >= 0.3 is 7.82 Å². The van der Waals surface area contributed by atoms with E-state index in [0.29, 0.717) is 17.4 Å². The van der Waals surface area contributed by atoms with Gasteiger partial charge in [0.2, 0.25) is 5.91 Å². The van der Waals surface area contributed by atoms with Crippen LogP contribution in [0.3, 0.4) is 0 Å². The lowest BCUT2D eigenvalue weighted by atomic mass is 10.0. The lowest BCUT2D eigenvalue weighted by Gasteiger charge is -2.25. The number of unbranched alkanes of at least 4 members (excludes halogenated alkanes) is 51. The van der Waals surface area contributed by atoms with E-state index in [1.807, 2.05) is 27.2 Å². The Labute approximate surface area is 530 Å². The van der Waals surface area contributed by atoms with Crippen LogP contribution in [0.15, 0.2) is 48.6 Å². The van der Waals surface area contributed by atoms with Gasteiger partial charge in [-0.1, -0.05) is 358 Å². The minimum absolute atomic E-state index is 0.0576. The van der Waals surface area contributed by atoms with Crippen LogP contribution in [0.4, 0.5) is 0 Å². The molecule has 1 amide bonds. The number of hydrogen-bond acceptors (Lipinski definition) is 5. The zero-order valence-corrected chi connectivity index (χ0v) is 58.5. The van der Waals surface area contributed by atoms with E-state index in [-0.39, 0.29) is 19.1 Å². The second kappa shape index (κ2) is 66.9. The van der Waals surface area contributed by atoms with Crippen molar-refractivity contribution >= 4 is 13.7 Å². The van der Waals surface area contributed by atoms with Gasteiger partial charge in [0.25, 0.3) is 0 Å². The van der Waals surface area contributed by atoms with E-state index < -0.39 is 20.0 Å². The van der Waals surface area contributed by atoms with Crippen molar-refractivity contribution < 1.29 is 32.9 Å². The normalized spacial score (nSPS) is 13.8. The fraction of sp³-hybridized carbons (Fsp3) is 0.882. The first-order valence-corrected chi connectivity index (χ1v) is 39.0. The molecule has 0 aliphatic rings. The number of nitrogens with one attached hydrogen (secondary N) is 1. The first-order chi connectivity index (χ1) is 41.5. The standard InChI is InChI=1S/C76H147N2O6P/c1-6-8-10-12-14-16-18-20-22-24-26-28-30-32-34-36-37-38-39-40-41-42-44-46-48-50-52-54-56-58-60-62-64-66-68-70-76(80)77-74(73-84-85(81,82)83-72-71-78(3,4)5)75(79)69-67-65-63-61-59-57-55-53-51-49-47-45-43-35-33-31-29-27-25-23-21-19-17-15-13-11-9-7-2/h18,20,24,26,59,61,67,69,74-75,79H,6-17,19,21-23,25,27-58,60,62-66,68,70-73H2,1-5H3,(H-,77,80,81,82)/p+1/b20-18-,26-24-,61-59+,69-67+. The number of allylic oxidation sites excluding steroid dienone is 7. The summed E-state index contributed by atoms with van der Waals surface area (Å²) in [6.45, 7) is 4.84. The number of amides is 1. The quantitative estimate of drug-likeness (QED) is 0.0243. The first kappa shape index (κ1) is 83.5. The maximum atomic E-state index is 13.1. The van der Waals surface area contributed by atoms with Crippen LogP contribution in [-0.4, -0.2) is 73.4 Å². The molecule has 0 aromatic carbocycles. The Kier molecular flexibility index (Phi) is 65.7. The van der Waals surface area contributed by atoms with Crippen LogP contribution in [0.2, 0.25) is 0 Å². The third-order valence-electron chi connectivity index (χ3n) is 17.3. The van der Waals surface area contributed by atoms with Crippen molar-refractivity contribution in [3.05, 3.63) is 48.6 Å². The minimum atomic E-state index is -4.36. The van der Waals surface area contributed by atoms with Crippen LogP contribution in [-0.2, 0) is 18.4 Å². The van der Waals surface area contributed by atoms with Gasteiger partial charge in [0.1, 0.15) is 13.2 Å². The second-order valence-electron chi connectivity index (χ2n) is 27.0. The van der Waals surface area contributed by atoms with E-state index in [1.54, 1.807) is 6.08 Å². The average Bonchev–Trinajstić information content (AvgIpc) is 3.48. The van der Waals surface area contributed by atoms with Gasteiger partial charge in [-0.05, 0) is 64.2 Å². The van der Waals surface area contributed by atoms with Gasteiger partial charge in [0.05, 0.1) is 39.9 Å². The molecule has 9 heteroatoms. The summed E-state index contributed by atoms with van der Waals surface area (Å²) in [7, 11) is 1.57. The summed E-state index contributed by atoms with van der Waals surface area (Å²) in [5.74, 6) is -0.179. The molecule has 0 aliphatic carbocycles. The molecule has 8 nitrogen and oxygen atoms in total. The molecule has 0 heterocycles. The minimum Gasteiger partial charge on any atom is -0.387 e. The van der Waals surface area contributed by atoms with E-state index >= 15 is 0 Å². The largest absolute Gasteiger partial charge is 0.472 e. The van der Waals surface area contributed by atoms with Crippen molar-refractivity contribution in [2.45, 2.75) is 392 Å². The van der Waals surface area contributed by atoms with Crippen molar-refractivity contribution in [1.82, 2.24) is 5.32 Å². The Bertz CT molecular complexity index is 1530. The van der Waals surface area contributed by atoms with E-state index in [0.717, 1.165) is 44.9 Å². The Morgan fingerprint density at radius 2 is 0.682 bits per heavy atom. The van der Waals surface area contributed by atoms with E-state index in [1.165, 1.54) is 315 Å². The Morgan fingerprint density at radius 1 is 0.400 bits per heavy atom. The first-order valence-electron chi connectivity index (χ1n) is 37.5. The molecule has 0 radical (unpaired) electrons. The van der Waals surface area contributed by atoms with Crippen molar-refractivity contribution in [1.29, 1.82) is 0 Å². The molecular weight excluding hydrogens is 1070 g/mol. The molecule has 3 N–H and O–H groups in total. The van der Waals surface area contributed by atoms with Crippen molar-refractivity contribution in [3.8, 4) is 0 Å². The maximum absolute atomic E-state index is 13.1. The van der Waals surface area contributed by atoms with E-state index in [9.17, 15) is 19.4 Å². The van der Waals surface area contributed by atoms with Crippen LogP contribution >= 0.6 is 7.82 Å². The Hall–Kier alpha value is -1.54. The number of hydrogen-bond donors (Lipinski definition) is 3. The van der Waals surface area contributed by atoms with Gasteiger partial charge in [-0.3, -0.25) is 13.8 Å². The molecule has 0 aliphatic heterocycles. The molecule has 3 atom stereocenters. The molecule has 0 saturated carbocycles. The number of phosphoric ester groups is 1. The lowest BCUT2D eigenvalue weighted by molar-refractivity contribution is -0.870. The van der Waals surface area contributed by atoms with Crippen LogP contribution in [0.5, 0.6) is 0 Å². The zero-order chi connectivity index (χ0) is 61.9. The number of carbonyl (C=O) groups is 1. The molecule has 85 heavy (non-hydrogen) atoms. The molecule has 0 saturated heterocycles. The van der Waals surface area contributed by atoms with Crippen LogP contribution in [0.1, 0.15) is 380 Å².